The van der Waals surface area contributed by atoms with Crippen LogP contribution in [0.1, 0.15) is 24.1 Å². The summed E-state index contributed by atoms with van der Waals surface area (Å²) in [6, 6.07) is 5.13. The SMILES string of the molecule is COc1ccc(N2CC(C(=O)Nc3ncc4c(n3)CCC4)CC2=O)cc1Cl. The molecule has 1 fully saturated rings. The molecule has 2 amide bonds. The highest BCUT2D eigenvalue weighted by Gasteiger charge is 2.35. The maximum Gasteiger partial charge on any atom is 0.232 e. The zero-order chi connectivity index (χ0) is 19.0. The number of ether oxygens (including phenoxy) is 1. The van der Waals surface area contributed by atoms with E-state index in [4.69, 9.17) is 16.3 Å². The molecular formula is C19H19ClN4O3. The second-order valence-corrected chi connectivity index (χ2v) is 7.14. The van der Waals surface area contributed by atoms with E-state index in [2.05, 4.69) is 15.3 Å². The Labute approximate surface area is 161 Å². The fraction of sp³-hybridized carbons (Fsp3) is 0.368. The molecule has 1 unspecified atom stereocenters. The molecule has 4 rings (SSSR count). The van der Waals surface area contributed by atoms with Gasteiger partial charge in [0.1, 0.15) is 5.75 Å². The van der Waals surface area contributed by atoms with Crippen LogP contribution in [0.5, 0.6) is 5.75 Å². The maximum absolute atomic E-state index is 12.6. The minimum absolute atomic E-state index is 0.119. The van der Waals surface area contributed by atoms with Gasteiger partial charge in [0.05, 0.1) is 18.1 Å². The van der Waals surface area contributed by atoms with E-state index in [0.717, 1.165) is 30.5 Å². The number of anilines is 2. The first-order valence-corrected chi connectivity index (χ1v) is 9.22. The molecule has 2 aliphatic rings. The van der Waals surface area contributed by atoms with Crippen LogP contribution >= 0.6 is 11.6 Å². The van der Waals surface area contributed by atoms with Gasteiger partial charge < -0.3 is 9.64 Å². The monoisotopic (exact) mass is 386 g/mol. The van der Waals surface area contributed by atoms with Crippen molar-refractivity contribution in [1.29, 1.82) is 0 Å². The molecule has 8 heteroatoms. The predicted molar refractivity (Wildman–Crippen MR) is 101 cm³/mol. The molecule has 0 bridgehead atoms. The van der Waals surface area contributed by atoms with Crippen LogP contribution < -0.4 is 15.0 Å². The summed E-state index contributed by atoms with van der Waals surface area (Å²) in [5, 5.41) is 3.17. The number of hydrogen-bond acceptors (Lipinski definition) is 5. The lowest BCUT2D eigenvalue weighted by atomic mass is 10.1. The third-order valence-corrected chi connectivity index (χ3v) is 5.29. The Kier molecular flexibility index (Phi) is 4.70. The maximum atomic E-state index is 12.6. The minimum atomic E-state index is -0.463. The summed E-state index contributed by atoms with van der Waals surface area (Å²) in [7, 11) is 1.53. The first-order chi connectivity index (χ1) is 13.0. The zero-order valence-electron chi connectivity index (χ0n) is 14.9. The number of methoxy groups -OCH3 is 1. The summed E-state index contributed by atoms with van der Waals surface area (Å²) in [6.07, 6.45) is 4.88. The fourth-order valence-corrected chi connectivity index (χ4v) is 3.79. The normalized spacial score (nSPS) is 18.5. The number of rotatable bonds is 4. The Balaban J connectivity index is 1.45. The Morgan fingerprint density at radius 3 is 3.00 bits per heavy atom. The molecule has 7 nitrogen and oxygen atoms in total. The van der Waals surface area contributed by atoms with Crippen molar-refractivity contribution in [2.45, 2.75) is 25.7 Å². The molecule has 2 aromatic rings. The van der Waals surface area contributed by atoms with E-state index in [-0.39, 0.29) is 24.8 Å². The van der Waals surface area contributed by atoms with Crippen LogP contribution in [0.2, 0.25) is 5.02 Å². The molecule has 1 aliphatic heterocycles. The van der Waals surface area contributed by atoms with Crippen molar-refractivity contribution in [3.05, 3.63) is 40.7 Å². The van der Waals surface area contributed by atoms with Crippen molar-refractivity contribution in [1.82, 2.24) is 9.97 Å². The van der Waals surface area contributed by atoms with Crippen LogP contribution in [0, 0.1) is 5.92 Å². The lowest BCUT2D eigenvalue weighted by molar-refractivity contribution is -0.122. The van der Waals surface area contributed by atoms with Crippen LogP contribution in [0.15, 0.2) is 24.4 Å². The molecule has 1 aliphatic carbocycles. The number of nitrogens with zero attached hydrogens (tertiary/aromatic N) is 3. The van der Waals surface area contributed by atoms with Gasteiger partial charge in [-0.15, -0.1) is 0 Å². The second-order valence-electron chi connectivity index (χ2n) is 6.73. The lowest BCUT2D eigenvalue weighted by Crippen LogP contribution is -2.28. The van der Waals surface area contributed by atoms with Gasteiger partial charge in [-0.3, -0.25) is 14.9 Å². The Morgan fingerprint density at radius 2 is 2.22 bits per heavy atom. The topological polar surface area (TPSA) is 84.4 Å². The number of carbonyl (C=O) groups is 2. The molecule has 0 spiro atoms. The largest absolute Gasteiger partial charge is 0.495 e. The fourth-order valence-electron chi connectivity index (χ4n) is 3.54. The summed E-state index contributed by atoms with van der Waals surface area (Å²) in [5.74, 6) is 0.0130. The molecule has 1 saturated heterocycles. The number of fused-ring (bicyclic) bond motifs is 1. The van der Waals surface area contributed by atoms with E-state index in [1.165, 1.54) is 7.11 Å². The summed E-state index contributed by atoms with van der Waals surface area (Å²) < 4.78 is 5.13. The molecule has 140 valence electrons. The van der Waals surface area contributed by atoms with Crippen molar-refractivity contribution in [3.63, 3.8) is 0 Å². The van der Waals surface area contributed by atoms with E-state index in [1.807, 2.05) is 0 Å². The summed E-state index contributed by atoms with van der Waals surface area (Å²) >= 11 is 6.15. The van der Waals surface area contributed by atoms with Gasteiger partial charge in [0.25, 0.3) is 0 Å². The number of benzene rings is 1. The molecular weight excluding hydrogens is 368 g/mol. The average Bonchev–Trinajstić information content (AvgIpc) is 3.27. The first kappa shape index (κ1) is 17.7. The Bertz CT molecular complexity index is 918. The predicted octanol–water partition coefficient (Wildman–Crippen LogP) is 2.62. The lowest BCUT2D eigenvalue weighted by Gasteiger charge is -2.17. The highest BCUT2D eigenvalue weighted by molar-refractivity contribution is 6.32. The van der Waals surface area contributed by atoms with Gasteiger partial charge in [-0.1, -0.05) is 11.6 Å². The van der Waals surface area contributed by atoms with Crippen LogP contribution in [-0.4, -0.2) is 35.4 Å². The van der Waals surface area contributed by atoms with Crippen molar-refractivity contribution < 1.29 is 14.3 Å². The molecule has 1 N–H and O–H groups in total. The minimum Gasteiger partial charge on any atom is -0.495 e. The van der Waals surface area contributed by atoms with E-state index >= 15 is 0 Å². The highest BCUT2D eigenvalue weighted by Crippen LogP contribution is 2.32. The van der Waals surface area contributed by atoms with Gasteiger partial charge in [0.15, 0.2) is 0 Å². The zero-order valence-corrected chi connectivity index (χ0v) is 15.6. The number of amides is 2. The van der Waals surface area contributed by atoms with Gasteiger partial charge in [0.2, 0.25) is 17.8 Å². The Hall–Kier alpha value is -2.67. The van der Waals surface area contributed by atoms with Crippen LogP contribution in [0.3, 0.4) is 0 Å². The molecule has 1 atom stereocenters. The van der Waals surface area contributed by atoms with Gasteiger partial charge in [0, 0.05) is 30.5 Å². The summed E-state index contributed by atoms with van der Waals surface area (Å²) in [5.41, 5.74) is 2.79. The molecule has 1 aromatic carbocycles. The van der Waals surface area contributed by atoms with Crippen LogP contribution in [0.25, 0.3) is 0 Å². The smallest absolute Gasteiger partial charge is 0.232 e. The third-order valence-electron chi connectivity index (χ3n) is 4.99. The van der Waals surface area contributed by atoms with Crippen molar-refractivity contribution in [2.24, 2.45) is 5.92 Å². The summed E-state index contributed by atoms with van der Waals surface area (Å²) in [6.45, 7) is 0.290. The van der Waals surface area contributed by atoms with Gasteiger partial charge in [-0.25, -0.2) is 9.97 Å². The quantitative estimate of drug-likeness (QED) is 0.873. The molecule has 2 heterocycles. The van der Waals surface area contributed by atoms with Crippen LogP contribution in [-0.2, 0) is 22.4 Å². The van der Waals surface area contributed by atoms with E-state index < -0.39 is 5.92 Å². The average molecular weight is 387 g/mol. The highest BCUT2D eigenvalue weighted by atomic mass is 35.5. The first-order valence-electron chi connectivity index (χ1n) is 8.84. The molecule has 1 aromatic heterocycles. The van der Waals surface area contributed by atoms with Crippen molar-refractivity contribution >= 4 is 35.1 Å². The number of halogens is 1. The Morgan fingerprint density at radius 1 is 1.37 bits per heavy atom. The van der Waals surface area contributed by atoms with Gasteiger partial charge in [-0.2, -0.15) is 0 Å². The molecule has 0 radical (unpaired) electrons. The van der Waals surface area contributed by atoms with E-state index in [0.29, 0.717) is 22.4 Å². The number of aryl methyl sites for hydroxylation is 2. The number of hydrogen-bond donors (Lipinski definition) is 1. The number of carbonyl (C=O) groups excluding carboxylic acids is 2. The van der Waals surface area contributed by atoms with Crippen molar-refractivity contribution in [3.8, 4) is 5.75 Å². The number of nitrogens with one attached hydrogen (secondary N) is 1. The van der Waals surface area contributed by atoms with Gasteiger partial charge in [-0.05, 0) is 43.0 Å². The van der Waals surface area contributed by atoms with Crippen LogP contribution in [0.4, 0.5) is 11.6 Å². The third kappa shape index (κ3) is 3.47. The number of aromatic nitrogens is 2. The second kappa shape index (κ2) is 7.15. The standard InChI is InChI=1S/C19H19ClN4O3/c1-27-16-6-5-13(8-14(16)20)24-10-12(7-17(24)25)18(26)23-19-21-9-11-3-2-4-15(11)22-19/h5-6,8-9,12H,2-4,7,10H2,1H3,(H,21,22,23,26). The van der Waals surface area contributed by atoms with Gasteiger partial charge >= 0.3 is 0 Å². The van der Waals surface area contributed by atoms with E-state index in [9.17, 15) is 9.59 Å². The van der Waals surface area contributed by atoms with Crippen molar-refractivity contribution in [2.75, 3.05) is 23.9 Å². The summed E-state index contributed by atoms with van der Waals surface area (Å²) in [4.78, 5) is 35.2. The van der Waals surface area contributed by atoms with E-state index in [1.54, 1.807) is 29.3 Å². The molecule has 27 heavy (non-hydrogen) atoms. The molecule has 0 saturated carbocycles.